The molecule has 1 aliphatic heterocycles. The Bertz CT molecular complexity index is 678. The first kappa shape index (κ1) is 18.4. The summed E-state index contributed by atoms with van der Waals surface area (Å²) < 4.78 is 0. The van der Waals surface area contributed by atoms with Gasteiger partial charge in [0.2, 0.25) is 0 Å². The molecule has 2 aromatic carbocycles. The molecule has 4 rings (SSSR count). The molecule has 1 saturated heterocycles. The minimum Gasteiger partial charge on any atom is -0.368 e. The van der Waals surface area contributed by atoms with Crippen LogP contribution in [0.5, 0.6) is 0 Å². The molecule has 2 heteroatoms. The SMILES string of the molecule is CC1CCC(CCc2ccc(N3CCN(c4ccccc4)CC3)cc2)CC1. The second-order valence-corrected chi connectivity index (χ2v) is 8.64. The van der Waals surface area contributed by atoms with Crippen LogP contribution in [0.2, 0.25) is 0 Å². The average molecular weight is 363 g/mol. The monoisotopic (exact) mass is 362 g/mol. The molecule has 0 spiro atoms. The van der Waals surface area contributed by atoms with Gasteiger partial charge >= 0.3 is 0 Å². The van der Waals surface area contributed by atoms with Gasteiger partial charge in [-0.05, 0) is 54.5 Å². The van der Waals surface area contributed by atoms with Crippen molar-refractivity contribution in [3.63, 3.8) is 0 Å². The molecule has 27 heavy (non-hydrogen) atoms. The maximum atomic E-state index is 2.53. The number of piperazine rings is 1. The van der Waals surface area contributed by atoms with Crippen LogP contribution in [0, 0.1) is 11.8 Å². The first-order valence-electron chi connectivity index (χ1n) is 10.9. The number of aryl methyl sites for hydroxylation is 1. The first-order valence-corrected chi connectivity index (χ1v) is 10.9. The Balaban J connectivity index is 1.26. The Labute approximate surface area is 165 Å². The highest BCUT2D eigenvalue weighted by molar-refractivity contribution is 5.52. The third-order valence-corrected chi connectivity index (χ3v) is 6.68. The maximum absolute atomic E-state index is 2.53. The summed E-state index contributed by atoms with van der Waals surface area (Å²) in [6.45, 7) is 6.83. The van der Waals surface area contributed by atoms with Crippen LogP contribution in [-0.4, -0.2) is 26.2 Å². The number of benzene rings is 2. The van der Waals surface area contributed by atoms with Gasteiger partial charge in [0.25, 0.3) is 0 Å². The van der Waals surface area contributed by atoms with Crippen molar-refractivity contribution in [1.82, 2.24) is 0 Å². The lowest BCUT2D eigenvalue weighted by Gasteiger charge is -2.37. The van der Waals surface area contributed by atoms with Crippen LogP contribution in [0.4, 0.5) is 11.4 Å². The van der Waals surface area contributed by atoms with Crippen molar-refractivity contribution in [2.45, 2.75) is 45.4 Å². The molecule has 0 N–H and O–H groups in total. The normalized spacial score (nSPS) is 23.4. The lowest BCUT2D eigenvalue weighted by Crippen LogP contribution is -2.46. The predicted octanol–water partition coefficient (Wildman–Crippen LogP) is 5.77. The molecule has 2 nitrogen and oxygen atoms in total. The van der Waals surface area contributed by atoms with Crippen LogP contribution < -0.4 is 9.80 Å². The van der Waals surface area contributed by atoms with Gasteiger partial charge in [0, 0.05) is 37.6 Å². The van der Waals surface area contributed by atoms with Crippen LogP contribution in [0.25, 0.3) is 0 Å². The minimum atomic E-state index is 0.961. The van der Waals surface area contributed by atoms with Gasteiger partial charge < -0.3 is 9.80 Å². The highest BCUT2D eigenvalue weighted by Crippen LogP contribution is 2.31. The van der Waals surface area contributed by atoms with Crippen molar-refractivity contribution in [1.29, 1.82) is 0 Å². The molecular weight excluding hydrogens is 328 g/mol. The summed E-state index contributed by atoms with van der Waals surface area (Å²) >= 11 is 0. The molecule has 2 aromatic rings. The van der Waals surface area contributed by atoms with Crippen LogP contribution in [0.3, 0.4) is 0 Å². The Morgan fingerprint density at radius 3 is 1.85 bits per heavy atom. The van der Waals surface area contributed by atoms with Gasteiger partial charge in [0.05, 0.1) is 0 Å². The van der Waals surface area contributed by atoms with Crippen molar-refractivity contribution in [3.8, 4) is 0 Å². The fraction of sp³-hybridized carbons (Fsp3) is 0.520. The van der Waals surface area contributed by atoms with Gasteiger partial charge in [-0.2, -0.15) is 0 Å². The van der Waals surface area contributed by atoms with Gasteiger partial charge in [-0.3, -0.25) is 0 Å². The summed E-state index contributed by atoms with van der Waals surface area (Å²) in [6, 6.07) is 20.2. The van der Waals surface area contributed by atoms with Gasteiger partial charge in [-0.1, -0.05) is 62.9 Å². The standard InChI is InChI=1S/C25H34N2/c1-21-7-9-22(10-8-21)11-12-23-13-15-25(16-14-23)27-19-17-26(18-20-27)24-5-3-2-4-6-24/h2-6,13-16,21-22H,7-12,17-20H2,1H3. The summed E-state index contributed by atoms with van der Waals surface area (Å²) in [5.74, 6) is 1.93. The third-order valence-electron chi connectivity index (χ3n) is 6.68. The first-order chi connectivity index (χ1) is 13.3. The van der Waals surface area contributed by atoms with Crippen molar-refractivity contribution in [2.75, 3.05) is 36.0 Å². The van der Waals surface area contributed by atoms with E-state index in [1.54, 1.807) is 0 Å². The molecule has 1 saturated carbocycles. The molecule has 0 bridgehead atoms. The minimum absolute atomic E-state index is 0.961. The Kier molecular flexibility index (Phi) is 6.01. The fourth-order valence-electron chi connectivity index (χ4n) is 4.72. The highest BCUT2D eigenvalue weighted by Gasteiger charge is 2.19. The topological polar surface area (TPSA) is 6.48 Å². The molecule has 1 aliphatic carbocycles. The zero-order valence-corrected chi connectivity index (χ0v) is 16.8. The average Bonchev–Trinajstić information content (AvgIpc) is 2.75. The number of hydrogen-bond acceptors (Lipinski definition) is 2. The van der Waals surface area contributed by atoms with E-state index in [9.17, 15) is 0 Å². The predicted molar refractivity (Wildman–Crippen MR) is 117 cm³/mol. The van der Waals surface area contributed by atoms with E-state index < -0.39 is 0 Å². The molecule has 0 atom stereocenters. The second-order valence-electron chi connectivity index (χ2n) is 8.64. The van der Waals surface area contributed by atoms with Crippen molar-refractivity contribution < 1.29 is 0 Å². The Hall–Kier alpha value is -1.96. The molecule has 0 unspecified atom stereocenters. The van der Waals surface area contributed by atoms with E-state index in [0.717, 1.165) is 38.0 Å². The molecule has 1 heterocycles. The summed E-state index contributed by atoms with van der Waals surface area (Å²) in [4.78, 5) is 5.03. The largest absolute Gasteiger partial charge is 0.368 e. The fourth-order valence-corrected chi connectivity index (χ4v) is 4.72. The summed E-state index contributed by atoms with van der Waals surface area (Å²) in [7, 11) is 0. The summed E-state index contributed by atoms with van der Waals surface area (Å²) in [6.07, 6.45) is 8.41. The van der Waals surface area contributed by atoms with E-state index >= 15 is 0 Å². The number of para-hydroxylation sites is 1. The van der Waals surface area contributed by atoms with E-state index in [2.05, 4.69) is 71.3 Å². The van der Waals surface area contributed by atoms with Crippen molar-refractivity contribution >= 4 is 11.4 Å². The smallest absolute Gasteiger partial charge is 0.0367 e. The van der Waals surface area contributed by atoms with E-state index in [1.165, 1.54) is 55.5 Å². The zero-order valence-electron chi connectivity index (χ0n) is 16.8. The van der Waals surface area contributed by atoms with E-state index in [4.69, 9.17) is 0 Å². The van der Waals surface area contributed by atoms with Gasteiger partial charge in [0.15, 0.2) is 0 Å². The van der Waals surface area contributed by atoms with Gasteiger partial charge in [0.1, 0.15) is 0 Å². The van der Waals surface area contributed by atoms with E-state index in [-0.39, 0.29) is 0 Å². The van der Waals surface area contributed by atoms with Crippen molar-refractivity contribution in [3.05, 3.63) is 60.2 Å². The summed E-state index contributed by atoms with van der Waals surface area (Å²) in [5, 5.41) is 0. The van der Waals surface area contributed by atoms with E-state index in [0.29, 0.717) is 0 Å². The third kappa shape index (κ3) is 4.86. The maximum Gasteiger partial charge on any atom is 0.0367 e. The molecule has 2 aliphatic rings. The number of anilines is 2. The van der Waals surface area contributed by atoms with Crippen LogP contribution in [-0.2, 0) is 6.42 Å². The Morgan fingerprint density at radius 1 is 0.704 bits per heavy atom. The molecule has 0 radical (unpaired) electrons. The van der Waals surface area contributed by atoms with E-state index in [1.807, 2.05) is 0 Å². The lowest BCUT2D eigenvalue weighted by atomic mass is 9.80. The number of nitrogens with zero attached hydrogens (tertiary/aromatic N) is 2. The molecule has 0 amide bonds. The van der Waals surface area contributed by atoms with Gasteiger partial charge in [-0.25, -0.2) is 0 Å². The zero-order chi connectivity index (χ0) is 18.5. The molecule has 2 fully saturated rings. The second kappa shape index (κ2) is 8.82. The van der Waals surface area contributed by atoms with Crippen LogP contribution in [0.15, 0.2) is 54.6 Å². The summed E-state index contributed by atoms with van der Waals surface area (Å²) in [5.41, 5.74) is 4.25. The lowest BCUT2D eigenvalue weighted by molar-refractivity contribution is 0.278. The molecular formula is C25H34N2. The molecule has 0 aromatic heterocycles. The number of rotatable bonds is 5. The molecule has 144 valence electrons. The van der Waals surface area contributed by atoms with Crippen molar-refractivity contribution in [2.24, 2.45) is 11.8 Å². The Morgan fingerprint density at radius 2 is 1.26 bits per heavy atom. The van der Waals surface area contributed by atoms with Crippen LogP contribution >= 0.6 is 0 Å². The van der Waals surface area contributed by atoms with Gasteiger partial charge in [-0.15, -0.1) is 0 Å². The number of hydrogen-bond donors (Lipinski definition) is 0. The quantitative estimate of drug-likeness (QED) is 0.666. The highest BCUT2D eigenvalue weighted by atomic mass is 15.3. The van der Waals surface area contributed by atoms with Crippen LogP contribution in [0.1, 0.15) is 44.6 Å².